The van der Waals surface area contributed by atoms with Crippen LogP contribution in [0.2, 0.25) is 0 Å². The van der Waals surface area contributed by atoms with E-state index in [1.54, 1.807) is 50.8 Å². The Hall–Kier alpha value is -3.61. The average Bonchev–Trinajstić information content (AvgIpc) is 3.55. The minimum absolute atomic E-state index is 0.0379. The van der Waals surface area contributed by atoms with Crippen LogP contribution in [-0.4, -0.2) is 49.1 Å². The molecule has 226 valence electrons. The molecule has 0 aliphatic carbocycles. The predicted molar refractivity (Wildman–Crippen MR) is 159 cm³/mol. The molecule has 1 aromatic carbocycles. The Labute approximate surface area is 246 Å². The number of benzene rings is 1. The van der Waals surface area contributed by atoms with Crippen molar-refractivity contribution in [3.8, 4) is 10.8 Å². The molecule has 1 unspecified atom stereocenters. The van der Waals surface area contributed by atoms with E-state index in [2.05, 4.69) is 5.10 Å². The van der Waals surface area contributed by atoms with E-state index in [1.165, 1.54) is 41.2 Å². The lowest BCUT2D eigenvalue weighted by Gasteiger charge is -2.26. The fourth-order valence-electron chi connectivity index (χ4n) is 4.85. The van der Waals surface area contributed by atoms with Gasteiger partial charge in [-0.15, -0.1) is 0 Å². The highest BCUT2D eigenvalue weighted by Gasteiger charge is 2.29. The summed E-state index contributed by atoms with van der Waals surface area (Å²) in [6.07, 6.45) is 2.58. The van der Waals surface area contributed by atoms with Crippen molar-refractivity contribution in [2.75, 3.05) is 13.7 Å². The van der Waals surface area contributed by atoms with E-state index in [9.17, 15) is 23.9 Å². The van der Waals surface area contributed by atoms with E-state index in [0.717, 1.165) is 4.57 Å². The van der Waals surface area contributed by atoms with Gasteiger partial charge in [-0.3, -0.25) is 14.2 Å². The second kappa shape index (κ2) is 12.3. The average molecular weight is 601 g/mol. The number of Topliss-reactive ketones (excluding diaryl/α,β-unsaturated/α-hetero) is 1. The van der Waals surface area contributed by atoms with Crippen LogP contribution in [0.15, 0.2) is 46.2 Å². The summed E-state index contributed by atoms with van der Waals surface area (Å²) in [4.78, 5) is 41.6. The van der Waals surface area contributed by atoms with Crippen LogP contribution < -0.4 is 16.0 Å². The van der Waals surface area contributed by atoms with Crippen LogP contribution in [0.3, 0.4) is 0 Å². The maximum Gasteiger partial charge on any atom is 0.332 e. The van der Waals surface area contributed by atoms with Gasteiger partial charge in [0.1, 0.15) is 27.5 Å². The van der Waals surface area contributed by atoms with Crippen LogP contribution in [-0.2, 0) is 16.1 Å². The van der Waals surface area contributed by atoms with Gasteiger partial charge in [0.15, 0.2) is 5.78 Å². The molecule has 2 atom stereocenters. The number of carbonyl (C=O) groups excluding carboxylic acids is 1. The third kappa shape index (κ3) is 6.40. The molecule has 10 nitrogen and oxygen atoms in total. The van der Waals surface area contributed by atoms with E-state index in [0.29, 0.717) is 26.7 Å². The number of hydrogen-bond acceptors (Lipinski definition) is 8. The molecule has 3 aromatic heterocycles. The zero-order valence-corrected chi connectivity index (χ0v) is 25.7. The fourth-order valence-corrected chi connectivity index (χ4v) is 6.09. The van der Waals surface area contributed by atoms with Gasteiger partial charge in [0.05, 0.1) is 37.3 Å². The number of hydrogen-bond donors (Lipinski definition) is 1. The van der Waals surface area contributed by atoms with Gasteiger partial charge < -0.3 is 14.6 Å². The number of fused-ring (bicyclic) bond motifs is 1. The fraction of sp³-hybridized carbons (Fsp3) is 0.467. The van der Waals surface area contributed by atoms with Crippen LogP contribution >= 0.6 is 11.3 Å². The lowest BCUT2D eigenvalue weighted by Crippen LogP contribution is -2.44. The van der Waals surface area contributed by atoms with E-state index < -0.39 is 34.8 Å². The summed E-state index contributed by atoms with van der Waals surface area (Å²) in [6.45, 7) is 9.95. The Bertz CT molecular complexity index is 1700. The number of aryl methyl sites for hydroxylation is 1. The molecule has 0 fully saturated rings. The van der Waals surface area contributed by atoms with E-state index >= 15 is 0 Å². The van der Waals surface area contributed by atoms with Crippen molar-refractivity contribution in [1.82, 2.24) is 18.9 Å². The van der Waals surface area contributed by atoms with Crippen LogP contribution in [0, 0.1) is 18.7 Å². The van der Waals surface area contributed by atoms with Crippen molar-refractivity contribution < 1.29 is 23.8 Å². The molecule has 0 spiro atoms. The lowest BCUT2D eigenvalue weighted by atomic mass is 10.0. The molecule has 0 saturated carbocycles. The molecule has 0 aliphatic rings. The predicted octanol–water partition coefficient (Wildman–Crippen LogP) is 4.57. The van der Waals surface area contributed by atoms with Crippen molar-refractivity contribution in [2.45, 2.75) is 72.3 Å². The Morgan fingerprint density at radius 2 is 1.93 bits per heavy atom. The number of methoxy groups -OCH3 is 1. The Morgan fingerprint density at radius 1 is 1.21 bits per heavy atom. The second-order valence-corrected chi connectivity index (χ2v) is 12.4. The number of ketones is 1. The van der Waals surface area contributed by atoms with Crippen molar-refractivity contribution in [3.63, 3.8) is 0 Å². The highest BCUT2D eigenvalue weighted by Crippen LogP contribution is 2.34. The monoisotopic (exact) mass is 600 g/mol. The number of aliphatic hydroxyl groups is 1. The second-order valence-electron chi connectivity index (χ2n) is 11.5. The molecular weight excluding hydrogens is 563 g/mol. The van der Waals surface area contributed by atoms with Gasteiger partial charge in [-0.05, 0) is 57.9 Å². The number of thiophene rings is 1. The molecule has 1 N–H and O–H groups in total. The standard InChI is InChI=1S/C30H37FN4O6S/c1-17(2)13-22(36)19(4)35-26(37)25-18(3)27(34-12-8-11-32-34)42-28(25)33(29(35)38)15-24(41-16-30(5,6)39)21-14-20(31)9-10-23(21)40-7/h8-12,14,17,19,24,39H,13,15-16H2,1-7H3/t19?,24-/m0/s1. The van der Waals surface area contributed by atoms with Gasteiger partial charge in [0, 0.05) is 29.9 Å². The maximum atomic E-state index is 14.5. The molecule has 4 aromatic rings. The van der Waals surface area contributed by atoms with Crippen molar-refractivity contribution in [1.29, 1.82) is 0 Å². The number of carbonyl (C=O) groups is 1. The van der Waals surface area contributed by atoms with E-state index in [4.69, 9.17) is 9.47 Å². The van der Waals surface area contributed by atoms with Crippen LogP contribution in [0.5, 0.6) is 5.75 Å². The lowest BCUT2D eigenvalue weighted by molar-refractivity contribution is -0.122. The molecule has 42 heavy (non-hydrogen) atoms. The number of rotatable bonds is 12. The largest absolute Gasteiger partial charge is 0.496 e. The molecule has 12 heteroatoms. The molecule has 4 rings (SSSR count). The first kappa shape index (κ1) is 31.3. The third-order valence-electron chi connectivity index (χ3n) is 6.92. The summed E-state index contributed by atoms with van der Waals surface area (Å²) in [5.41, 5.74) is -1.57. The Balaban J connectivity index is 2.00. The zero-order valence-electron chi connectivity index (χ0n) is 24.9. The highest BCUT2D eigenvalue weighted by molar-refractivity contribution is 7.21. The summed E-state index contributed by atoms with van der Waals surface area (Å²) in [5, 5.41) is 15.7. The number of nitrogens with zero attached hydrogens (tertiary/aromatic N) is 4. The van der Waals surface area contributed by atoms with Crippen LogP contribution in [0.4, 0.5) is 4.39 Å². The zero-order chi connectivity index (χ0) is 30.9. The summed E-state index contributed by atoms with van der Waals surface area (Å²) >= 11 is 1.20. The first-order chi connectivity index (χ1) is 19.7. The molecule has 0 bridgehead atoms. The Kier molecular flexibility index (Phi) is 9.19. The van der Waals surface area contributed by atoms with Crippen molar-refractivity contribution in [2.24, 2.45) is 5.92 Å². The first-order valence-corrected chi connectivity index (χ1v) is 14.5. The minimum atomic E-state index is -1.23. The summed E-state index contributed by atoms with van der Waals surface area (Å²) < 4.78 is 30.1. The Morgan fingerprint density at radius 3 is 2.52 bits per heavy atom. The van der Waals surface area contributed by atoms with Crippen LogP contribution in [0.1, 0.15) is 64.3 Å². The highest BCUT2D eigenvalue weighted by atomic mass is 32.1. The first-order valence-electron chi connectivity index (χ1n) is 13.7. The minimum Gasteiger partial charge on any atom is -0.496 e. The third-order valence-corrected chi connectivity index (χ3v) is 8.22. The number of halogens is 1. The van der Waals surface area contributed by atoms with Crippen LogP contribution in [0.25, 0.3) is 15.2 Å². The quantitative estimate of drug-likeness (QED) is 0.253. The van der Waals surface area contributed by atoms with Gasteiger partial charge in [-0.25, -0.2) is 18.4 Å². The SMILES string of the molecule is COc1ccc(F)cc1[C@H](Cn1c(=O)n(C(C)C(=O)CC(C)C)c(=O)c2c(C)c(-n3cccn3)sc21)OCC(C)(C)O. The molecule has 3 heterocycles. The van der Waals surface area contributed by atoms with Gasteiger partial charge in [0.25, 0.3) is 5.56 Å². The molecule has 0 radical (unpaired) electrons. The molecular formula is C30H37FN4O6S. The van der Waals surface area contributed by atoms with E-state index in [-0.39, 0.29) is 36.7 Å². The molecule has 0 saturated heterocycles. The van der Waals surface area contributed by atoms with E-state index in [1.807, 2.05) is 13.8 Å². The summed E-state index contributed by atoms with van der Waals surface area (Å²) in [7, 11) is 1.44. The van der Waals surface area contributed by atoms with Gasteiger partial charge in [-0.2, -0.15) is 5.10 Å². The number of ether oxygens (including phenoxy) is 2. The summed E-state index contributed by atoms with van der Waals surface area (Å²) in [5.74, 6) is -0.409. The molecule has 0 amide bonds. The van der Waals surface area contributed by atoms with Crippen molar-refractivity contribution in [3.05, 3.63) is 74.4 Å². The molecule has 0 aliphatic heterocycles. The van der Waals surface area contributed by atoms with Gasteiger partial charge >= 0.3 is 5.69 Å². The summed E-state index contributed by atoms with van der Waals surface area (Å²) in [6, 6.07) is 4.70. The van der Waals surface area contributed by atoms with Crippen molar-refractivity contribution >= 4 is 27.3 Å². The normalized spacial score (nSPS) is 13.6. The van der Waals surface area contributed by atoms with Gasteiger partial charge in [0.2, 0.25) is 0 Å². The topological polar surface area (TPSA) is 118 Å². The smallest absolute Gasteiger partial charge is 0.332 e. The van der Waals surface area contributed by atoms with Gasteiger partial charge in [-0.1, -0.05) is 25.2 Å². The number of aromatic nitrogens is 4. The maximum absolute atomic E-state index is 14.5.